The molecule has 6 heterocycles. The molecule has 14 rings (SSSR count). The molecular formula is C87H106Cl2N6O12S2. The minimum atomic E-state index is -1.23. The van der Waals surface area contributed by atoms with Gasteiger partial charge in [-0.15, -0.1) is 22.7 Å². The van der Waals surface area contributed by atoms with E-state index in [1.54, 1.807) is 44.6 Å². The number of carbonyl (C=O) groups is 9. The summed E-state index contributed by atoms with van der Waals surface area (Å²) in [6.07, 6.45) is 18.5. The number of halogens is 2. The predicted molar refractivity (Wildman–Crippen MR) is 429 cm³/mol. The van der Waals surface area contributed by atoms with Crippen LogP contribution in [-0.4, -0.2) is 133 Å². The predicted octanol–water partition coefficient (Wildman–Crippen LogP) is 16.5. The van der Waals surface area contributed by atoms with E-state index in [0.717, 1.165) is 119 Å². The number of Topliss-reactive ketones (excluding diaryl/α,β-unsaturated/α-hetero) is 5. The zero-order chi connectivity index (χ0) is 75.6. The molecule has 582 valence electrons. The topological polar surface area (TPSA) is 248 Å². The molecule has 9 atom stereocenters. The van der Waals surface area contributed by atoms with Gasteiger partial charge in [0.1, 0.15) is 18.2 Å². The number of hydrogen-bond donors (Lipinski definition) is 3. The second kappa shape index (κ2) is 36.8. The summed E-state index contributed by atoms with van der Waals surface area (Å²) in [6.45, 7) is 4.11. The molecule has 6 fully saturated rings. The summed E-state index contributed by atoms with van der Waals surface area (Å²) < 4.78 is 2.19. The number of rotatable bonds is 32. The Morgan fingerprint density at radius 2 is 0.991 bits per heavy atom. The van der Waals surface area contributed by atoms with Gasteiger partial charge in [0, 0.05) is 114 Å². The highest BCUT2D eigenvalue weighted by molar-refractivity contribution is 7.17. The molecule has 4 aliphatic heterocycles. The lowest BCUT2D eigenvalue weighted by atomic mass is 9.85. The van der Waals surface area contributed by atoms with Crippen LogP contribution < -0.4 is 10.6 Å². The van der Waals surface area contributed by atoms with Crippen molar-refractivity contribution >= 4 is 130 Å². The number of thiophene rings is 2. The molecule has 4 amide bonds. The molecule has 4 aliphatic carbocycles. The largest absolute Gasteiger partial charge is 0.387 e. The Bertz CT molecular complexity index is 4360. The maximum atomic E-state index is 15.0. The summed E-state index contributed by atoms with van der Waals surface area (Å²) in [5.41, 5.74) is 2.94. The lowest BCUT2D eigenvalue weighted by Gasteiger charge is -2.30. The highest BCUT2D eigenvalue weighted by Crippen LogP contribution is 2.44. The van der Waals surface area contributed by atoms with Crippen molar-refractivity contribution in [3.63, 3.8) is 0 Å². The smallest absolute Gasteiger partial charge is 0.246 e. The van der Waals surface area contributed by atoms with Crippen LogP contribution in [0, 0.1) is 35.5 Å². The van der Waals surface area contributed by atoms with E-state index in [2.05, 4.69) is 20.9 Å². The fourth-order valence-electron chi connectivity index (χ4n) is 17.5. The van der Waals surface area contributed by atoms with Gasteiger partial charge in [-0.1, -0.05) is 167 Å². The maximum Gasteiger partial charge on any atom is 0.246 e. The molecule has 1 unspecified atom stereocenters. The molecule has 4 aromatic carbocycles. The number of likely N-dealkylation sites (tertiary alicyclic amines) is 2. The van der Waals surface area contributed by atoms with Crippen molar-refractivity contribution in [2.24, 2.45) is 45.8 Å². The van der Waals surface area contributed by atoms with Gasteiger partial charge in [-0.2, -0.15) is 0 Å². The Balaban J connectivity index is 0.000000201. The molecule has 8 aliphatic rings. The summed E-state index contributed by atoms with van der Waals surface area (Å²) in [5.74, 6) is -2.73. The van der Waals surface area contributed by atoms with E-state index in [9.17, 15) is 43.5 Å². The highest BCUT2D eigenvalue weighted by Gasteiger charge is 2.57. The molecule has 109 heavy (non-hydrogen) atoms. The van der Waals surface area contributed by atoms with Crippen LogP contribution in [0.3, 0.4) is 0 Å². The van der Waals surface area contributed by atoms with Crippen LogP contribution in [-0.2, 0) is 65.7 Å². The highest BCUT2D eigenvalue weighted by atomic mass is 35.5. The molecule has 6 aromatic rings. The van der Waals surface area contributed by atoms with Gasteiger partial charge in [0.15, 0.2) is 34.3 Å². The molecule has 4 saturated carbocycles. The van der Waals surface area contributed by atoms with Crippen LogP contribution in [0.4, 0.5) is 0 Å². The first-order valence-electron chi connectivity index (χ1n) is 39.7. The van der Waals surface area contributed by atoms with E-state index in [1.807, 2.05) is 110 Å². The number of amides is 4. The second-order valence-electron chi connectivity index (χ2n) is 32.3. The number of carbonyl (C=O) groups excluding carboxylic acids is 9. The van der Waals surface area contributed by atoms with E-state index < -0.39 is 64.9 Å². The first kappa shape index (κ1) is 81.0. The molecule has 0 bridgehead atoms. The Morgan fingerprint density at radius 1 is 0.550 bits per heavy atom. The van der Waals surface area contributed by atoms with Crippen molar-refractivity contribution in [2.45, 2.75) is 255 Å². The van der Waals surface area contributed by atoms with Crippen LogP contribution >= 0.6 is 45.9 Å². The Labute approximate surface area is 658 Å². The lowest BCUT2D eigenvalue weighted by Crippen LogP contribution is -2.53. The molecule has 2 aromatic heterocycles. The monoisotopic (exact) mass is 1560 g/mol. The number of fused-ring (bicyclic) bond motifs is 2. The molecule has 2 saturated heterocycles. The Hall–Kier alpha value is -7.49. The van der Waals surface area contributed by atoms with E-state index >= 15 is 4.79 Å². The third-order valence-electron chi connectivity index (χ3n) is 23.7. The van der Waals surface area contributed by atoms with Crippen molar-refractivity contribution in [1.82, 2.24) is 20.4 Å². The average Bonchev–Trinajstić information content (AvgIpc) is 1.61. The summed E-state index contributed by atoms with van der Waals surface area (Å²) >= 11 is 15.8. The fourth-order valence-corrected chi connectivity index (χ4v) is 19.9. The number of aliphatic hydroxyl groups is 1. The molecule has 0 radical (unpaired) electrons. The number of oxime groups is 2. The maximum absolute atomic E-state index is 15.0. The number of hydrogen-bond acceptors (Lipinski definition) is 16. The molecular weight excluding hydrogens is 1460 g/mol. The number of benzene rings is 4. The van der Waals surface area contributed by atoms with Gasteiger partial charge in [-0.3, -0.25) is 43.2 Å². The quantitative estimate of drug-likeness (QED) is 0.0334. The summed E-state index contributed by atoms with van der Waals surface area (Å²) in [5, 5.41) is 33.6. The van der Waals surface area contributed by atoms with E-state index in [0.29, 0.717) is 91.1 Å². The van der Waals surface area contributed by atoms with Gasteiger partial charge in [0.25, 0.3) is 0 Å². The lowest BCUT2D eigenvalue weighted by molar-refractivity contribution is -0.143. The van der Waals surface area contributed by atoms with Crippen LogP contribution in [0.2, 0.25) is 10.0 Å². The van der Waals surface area contributed by atoms with Gasteiger partial charge in [-0.05, 0) is 163 Å². The van der Waals surface area contributed by atoms with Crippen molar-refractivity contribution in [2.75, 3.05) is 13.1 Å². The second-order valence-corrected chi connectivity index (χ2v) is 35.0. The van der Waals surface area contributed by atoms with Crippen LogP contribution in [0.1, 0.15) is 223 Å². The van der Waals surface area contributed by atoms with Crippen LogP contribution in [0.25, 0.3) is 20.2 Å². The van der Waals surface area contributed by atoms with Crippen LogP contribution in [0.5, 0.6) is 0 Å². The van der Waals surface area contributed by atoms with Crippen molar-refractivity contribution < 1.29 is 57.9 Å². The number of aliphatic hydroxyl groups excluding tert-OH is 1. The molecule has 2 spiro atoms. The number of nitrogens with one attached hydrogen (secondary N) is 2. The summed E-state index contributed by atoms with van der Waals surface area (Å²) in [6, 6.07) is 27.1. The molecule has 22 heteroatoms. The zero-order valence-corrected chi connectivity index (χ0v) is 65.3. The van der Waals surface area contributed by atoms with Gasteiger partial charge in [0.2, 0.25) is 29.4 Å². The molecule has 3 N–H and O–H groups in total. The third-order valence-corrected chi connectivity index (χ3v) is 26.2. The van der Waals surface area contributed by atoms with Gasteiger partial charge in [0.05, 0.1) is 36.6 Å². The first-order chi connectivity index (χ1) is 52.2. The standard InChI is InChI=1S/C43H52ClN3O6S.C43H50ClN3O6S.CH4/c2*1-2-9-30(41(51)38(49)18-28-16-17-28)22-37(48)36-24-43(23-35(46-53-43)29-12-8-13-32(44)20-29)26-47(36)42(52)34(45-40(50)19-27-10-4-3-5-11-27)21-31-25-54-39-15-7-6-14-33(31)39;/h6-8,12-15,20,25,27-28,30,34,36,41,51H,2-5,9-11,16-19,21-24,26H2,1H3,(H,45,50);6-8,12-15,20,25,27-28,30,34,36H,2-5,9-11,16-19,21-24,26H2,1H3,(H,45,50);1H4/t30-,34-,36-,41?,43+;30-,34-,36-,43+;/m00./s1. The zero-order valence-electron chi connectivity index (χ0n) is 62.2. The van der Waals surface area contributed by atoms with Gasteiger partial charge in [-0.25, -0.2) is 0 Å². The molecule has 18 nitrogen and oxygen atoms in total. The van der Waals surface area contributed by atoms with E-state index in [1.165, 1.54) is 12.8 Å². The van der Waals surface area contributed by atoms with Crippen molar-refractivity contribution in [3.8, 4) is 0 Å². The minimum Gasteiger partial charge on any atom is -0.387 e. The van der Waals surface area contributed by atoms with Crippen molar-refractivity contribution in [1.29, 1.82) is 0 Å². The fraction of sp³-hybridized carbons (Fsp3) is 0.552. The van der Waals surface area contributed by atoms with Crippen molar-refractivity contribution in [3.05, 3.63) is 140 Å². The normalized spacial score (nSPS) is 22.7. The van der Waals surface area contributed by atoms with Gasteiger partial charge >= 0.3 is 0 Å². The first-order valence-corrected chi connectivity index (χ1v) is 42.2. The number of nitrogens with zero attached hydrogens (tertiary/aromatic N) is 4. The SMILES string of the molecule is C.CCC[C@@H](CC(=O)[C@@H]1C[C@]2(CC(c3cccc(Cl)c3)=NO2)CN1C(=O)[C@H](Cc1csc2ccccc12)NC(=O)CC1CCCCC1)C(=O)C(=O)CC1CC1.CCC[C@@H](CC(=O)[C@@H]1C[C@]2(CC(c3cccc(Cl)c3)=NO2)CN1C(=O)[C@H](Cc1csc2ccccc12)NC(=O)CC1CCCCC1)C(O)C(=O)CC1CC1. The number of ketones is 5. The van der Waals surface area contributed by atoms with E-state index in [-0.39, 0.29) is 118 Å². The Morgan fingerprint density at radius 3 is 1.44 bits per heavy atom. The van der Waals surface area contributed by atoms with E-state index in [4.69, 9.17) is 32.9 Å². The summed E-state index contributed by atoms with van der Waals surface area (Å²) in [7, 11) is 0. The average molecular weight is 1560 g/mol. The third kappa shape index (κ3) is 20.4. The Kier molecular flexibility index (Phi) is 27.3. The van der Waals surface area contributed by atoms with Gasteiger partial charge < -0.3 is 35.2 Å². The van der Waals surface area contributed by atoms with Crippen LogP contribution in [0.15, 0.2) is 118 Å². The minimum absolute atomic E-state index is 0. The summed E-state index contributed by atoms with van der Waals surface area (Å²) in [4.78, 5) is 141.